The quantitative estimate of drug-likeness (QED) is 0.620. The van der Waals surface area contributed by atoms with Gasteiger partial charge in [0.2, 0.25) is 0 Å². The van der Waals surface area contributed by atoms with Crippen molar-refractivity contribution in [2.45, 2.75) is 44.8 Å². The van der Waals surface area contributed by atoms with Crippen LogP contribution in [0.3, 0.4) is 0 Å². The average Bonchev–Trinajstić information content (AvgIpc) is 2.74. The van der Waals surface area contributed by atoms with Crippen molar-refractivity contribution in [2.75, 3.05) is 7.11 Å². The zero-order valence-electron chi connectivity index (χ0n) is 13.3. The van der Waals surface area contributed by atoms with E-state index in [0.29, 0.717) is 12.2 Å². The summed E-state index contributed by atoms with van der Waals surface area (Å²) in [5.41, 5.74) is 1.47. The van der Waals surface area contributed by atoms with Crippen molar-refractivity contribution in [2.24, 2.45) is 5.92 Å². The maximum Gasteiger partial charge on any atom is 0.324 e. The van der Waals surface area contributed by atoms with Crippen LogP contribution < -0.4 is 4.74 Å². The average molecular weight is 304 g/mol. The van der Waals surface area contributed by atoms with Crippen LogP contribution in [0.25, 0.3) is 0 Å². The first-order chi connectivity index (χ1) is 10.3. The van der Waals surface area contributed by atoms with Crippen molar-refractivity contribution in [1.82, 2.24) is 0 Å². The van der Waals surface area contributed by atoms with Gasteiger partial charge in [-0.25, -0.2) is 0 Å². The van der Waals surface area contributed by atoms with Crippen LogP contribution >= 0.6 is 0 Å². The molecule has 0 amide bonds. The Bertz CT molecular complexity index is 628. The van der Waals surface area contributed by atoms with Crippen molar-refractivity contribution < 1.29 is 23.8 Å². The minimum absolute atomic E-state index is 0.514. The summed E-state index contributed by atoms with van der Waals surface area (Å²) in [7, 11) is 1.60. The predicted molar refractivity (Wildman–Crippen MR) is 78.4 cm³/mol. The first-order valence-electron chi connectivity index (χ1n) is 7.40. The topological polar surface area (TPSA) is 61.8 Å². The number of aryl methyl sites for hydroxylation is 1. The van der Waals surface area contributed by atoms with Crippen LogP contribution in [0.5, 0.6) is 5.75 Å². The van der Waals surface area contributed by atoms with Crippen molar-refractivity contribution >= 4 is 11.9 Å². The van der Waals surface area contributed by atoms with Gasteiger partial charge in [0.05, 0.1) is 7.11 Å². The molecule has 1 unspecified atom stereocenters. The van der Waals surface area contributed by atoms with Gasteiger partial charge in [-0.1, -0.05) is 13.0 Å². The Morgan fingerprint density at radius 1 is 1.14 bits per heavy atom. The number of methoxy groups -OCH3 is 1. The lowest BCUT2D eigenvalue weighted by atomic mass is 9.72. The summed E-state index contributed by atoms with van der Waals surface area (Å²) in [6.45, 7) is 5.05. The Balaban J connectivity index is 2.03. The Morgan fingerprint density at radius 3 is 2.36 bits per heavy atom. The second-order valence-electron chi connectivity index (χ2n) is 6.62. The van der Waals surface area contributed by atoms with Crippen molar-refractivity contribution in [1.29, 1.82) is 0 Å². The van der Waals surface area contributed by atoms with Gasteiger partial charge in [-0.2, -0.15) is 0 Å². The Hall–Kier alpha value is -2.04. The van der Waals surface area contributed by atoms with Crippen molar-refractivity contribution in [3.63, 3.8) is 0 Å². The Morgan fingerprint density at radius 2 is 1.77 bits per heavy atom. The van der Waals surface area contributed by atoms with Gasteiger partial charge in [0.25, 0.3) is 5.79 Å². The molecule has 1 atom stereocenters. The third-order valence-corrected chi connectivity index (χ3v) is 4.65. The molecule has 0 radical (unpaired) electrons. The van der Waals surface area contributed by atoms with E-state index in [1.54, 1.807) is 21.0 Å². The molecule has 3 rings (SSSR count). The highest BCUT2D eigenvalue weighted by Gasteiger charge is 2.55. The number of benzene rings is 1. The highest BCUT2D eigenvalue weighted by Crippen LogP contribution is 2.48. The van der Waals surface area contributed by atoms with Gasteiger partial charge in [-0.3, -0.25) is 9.59 Å². The second kappa shape index (κ2) is 4.73. The van der Waals surface area contributed by atoms with Crippen molar-refractivity contribution in [3.8, 4) is 5.75 Å². The summed E-state index contributed by atoms with van der Waals surface area (Å²) < 4.78 is 15.9. The molecule has 0 aromatic heterocycles. The molecule has 5 heteroatoms. The summed E-state index contributed by atoms with van der Waals surface area (Å²) in [5.74, 6) is -2.45. The molecule has 0 N–H and O–H groups in total. The summed E-state index contributed by atoms with van der Waals surface area (Å²) in [6, 6.07) is 5.79. The molecule has 1 aromatic rings. The van der Waals surface area contributed by atoms with E-state index in [1.807, 2.05) is 25.1 Å². The summed E-state index contributed by atoms with van der Waals surface area (Å²) in [6.07, 6.45) is 1.51. The molecule has 1 aromatic carbocycles. The first-order valence-corrected chi connectivity index (χ1v) is 7.40. The zero-order valence-corrected chi connectivity index (χ0v) is 13.3. The smallest absolute Gasteiger partial charge is 0.324 e. The van der Waals surface area contributed by atoms with Gasteiger partial charge >= 0.3 is 11.9 Å². The predicted octanol–water partition coefficient (Wildman–Crippen LogP) is 2.35. The largest absolute Gasteiger partial charge is 0.497 e. The maximum atomic E-state index is 12.4. The number of cyclic esters (lactones) is 2. The third-order valence-electron chi connectivity index (χ3n) is 4.65. The SMILES string of the molecule is COc1ccc2c(c1)C(C)(C1C(=O)OC(C)(C)OC1=O)CC2. The monoisotopic (exact) mass is 304 g/mol. The fourth-order valence-corrected chi connectivity index (χ4v) is 3.50. The van der Waals surface area contributed by atoms with E-state index in [1.165, 1.54) is 0 Å². The lowest BCUT2D eigenvalue weighted by Crippen LogP contribution is -2.52. The van der Waals surface area contributed by atoms with Crippen LogP contribution in [0.4, 0.5) is 0 Å². The molecule has 1 saturated heterocycles. The highest BCUT2D eigenvalue weighted by atomic mass is 16.7. The molecule has 2 aliphatic rings. The van der Waals surface area contributed by atoms with Crippen molar-refractivity contribution in [3.05, 3.63) is 29.3 Å². The lowest BCUT2D eigenvalue weighted by molar-refractivity contribution is -0.243. The number of rotatable bonds is 2. The van der Waals surface area contributed by atoms with Gasteiger partial charge in [-0.15, -0.1) is 0 Å². The fraction of sp³-hybridized carbons (Fsp3) is 0.529. The van der Waals surface area contributed by atoms with E-state index < -0.39 is 29.1 Å². The standard InChI is InChI=1S/C17H20O5/c1-16(2)21-14(18)13(15(19)22-16)17(3)8-7-10-5-6-11(20-4)9-12(10)17/h5-6,9,13H,7-8H2,1-4H3. The van der Waals surface area contributed by atoms with Gasteiger partial charge in [0.1, 0.15) is 5.75 Å². The van der Waals surface area contributed by atoms with Crippen LogP contribution in [0, 0.1) is 5.92 Å². The van der Waals surface area contributed by atoms with Crippen LogP contribution in [0.2, 0.25) is 0 Å². The van der Waals surface area contributed by atoms with Gasteiger partial charge < -0.3 is 14.2 Å². The van der Waals surface area contributed by atoms with E-state index in [2.05, 4.69) is 0 Å². The van der Waals surface area contributed by atoms with E-state index in [9.17, 15) is 9.59 Å². The van der Waals surface area contributed by atoms with E-state index in [4.69, 9.17) is 14.2 Å². The summed E-state index contributed by atoms with van der Waals surface area (Å²) >= 11 is 0. The summed E-state index contributed by atoms with van der Waals surface area (Å²) in [4.78, 5) is 24.8. The first kappa shape index (κ1) is 14.9. The minimum Gasteiger partial charge on any atom is -0.497 e. The third kappa shape index (κ3) is 2.16. The number of hydrogen-bond acceptors (Lipinski definition) is 5. The van der Waals surface area contributed by atoms with Crippen LogP contribution in [0.15, 0.2) is 18.2 Å². The minimum atomic E-state index is -1.20. The fourth-order valence-electron chi connectivity index (χ4n) is 3.50. The molecular formula is C17H20O5. The number of esters is 2. The molecule has 118 valence electrons. The number of fused-ring (bicyclic) bond motifs is 1. The molecule has 5 nitrogen and oxygen atoms in total. The molecule has 0 bridgehead atoms. The Labute approximate surface area is 129 Å². The van der Waals surface area contributed by atoms with Crippen LogP contribution in [-0.2, 0) is 30.9 Å². The zero-order chi connectivity index (χ0) is 16.1. The number of hydrogen-bond donors (Lipinski definition) is 0. The lowest BCUT2D eigenvalue weighted by Gasteiger charge is -2.39. The van der Waals surface area contributed by atoms with Gasteiger partial charge in [0.15, 0.2) is 5.92 Å². The van der Waals surface area contributed by atoms with Crippen LogP contribution in [0.1, 0.15) is 38.3 Å². The van der Waals surface area contributed by atoms with E-state index >= 15 is 0 Å². The molecule has 1 heterocycles. The molecule has 22 heavy (non-hydrogen) atoms. The van der Waals surface area contributed by atoms with Gasteiger partial charge in [0, 0.05) is 19.3 Å². The second-order valence-corrected chi connectivity index (χ2v) is 6.62. The number of carbonyl (C=O) groups is 2. The van der Waals surface area contributed by atoms with E-state index in [-0.39, 0.29) is 0 Å². The molecular weight excluding hydrogens is 284 g/mol. The van der Waals surface area contributed by atoms with Crippen LogP contribution in [-0.4, -0.2) is 24.8 Å². The normalized spacial score (nSPS) is 27.1. The molecule has 1 aliphatic carbocycles. The molecule has 0 spiro atoms. The maximum absolute atomic E-state index is 12.4. The Kier molecular flexibility index (Phi) is 3.20. The number of ether oxygens (including phenoxy) is 3. The highest BCUT2D eigenvalue weighted by molar-refractivity contribution is 5.98. The molecule has 1 aliphatic heterocycles. The molecule has 1 fully saturated rings. The van der Waals surface area contributed by atoms with Gasteiger partial charge in [-0.05, 0) is 36.1 Å². The summed E-state index contributed by atoms with van der Waals surface area (Å²) in [5, 5.41) is 0. The number of carbonyl (C=O) groups excluding carboxylic acids is 2. The molecule has 0 saturated carbocycles. The van der Waals surface area contributed by atoms with E-state index in [0.717, 1.165) is 17.5 Å².